The molecule has 386 valence electrons. The van der Waals surface area contributed by atoms with Crippen LogP contribution < -0.4 is 0 Å². The Balaban J connectivity index is -0.000000388. The van der Waals surface area contributed by atoms with Crippen LogP contribution in [-0.2, 0) is 30.4 Å². The molecule has 0 saturated carbocycles. The van der Waals surface area contributed by atoms with Crippen LogP contribution in [0.5, 0.6) is 0 Å². The van der Waals surface area contributed by atoms with Gasteiger partial charge in [0.1, 0.15) is 6.10 Å². The van der Waals surface area contributed by atoms with Crippen LogP contribution in [0.2, 0.25) is 0 Å². The van der Waals surface area contributed by atoms with Crippen LogP contribution in [0.15, 0.2) is 0 Å². The molecule has 0 aromatic carbocycles. The Hall–Kier alpha value is -2.28. The minimum absolute atomic E-state index is 0.365. The highest BCUT2D eigenvalue weighted by Gasteiger charge is 2.83. The summed E-state index contributed by atoms with van der Waals surface area (Å²) in [5.41, 5.74) is 0. The highest BCUT2D eigenvalue weighted by Crippen LogP contribution is 2.56. The van der Waals surface area contributed by atoms with E-state index < -0.39 is 145 Å². The van der Waals surface area contributed by atoms with Crippen molar-refractivity contribution in [1.29, 1.82) is 0 Å². The van der Waals surface area contributed by atoms with Crippen LogP contribution in [0.4, 0.5) is 119 Å². The Morgan fingerprint density at radius 3 is 0.540 bits per heavy atom. The van der Waals surface area contributed by atoms with Crippen LogP contribution in [0, 0.1) is 0 Å². The van der Waals surface area contributed by atoms with Crippen molar-refractivity contribution in [2.24, 2.45) is 0 Å². The van der Waals surface area contributed by atoms with Crippen molar-refractivity contribution in [3.63, 3.8) is 0 Å². The van der Waals surface area contributed by atoms with Gasteiger partial charge in [0.2, 0.25) is 0 Å². The quantitative estimate of drug-likeness (QED) is 0.0676. The van der Waals surface area contributed by atoms with E-state index in [0.717, 1.165) is 0 Å². The average Bonchev–Trinajstić information content (AvgIpc) is 3.03. The smallest absolute Gasteiger partial charge is 0.394 e. The molecule has 0 atom stereocenters. The first kappa shape index (κ1) is 67.3. The molecule has 0 saturated heterocycles. The number of halogens is 27. The first-order valence-electron chi connectivity index (χ1n) is 14.0. The number of aliphatic hydroxyl groups excluding tert-OH is 3. The van der Waals surface area contributed by atoms with Crippen LogP contribution >= 0.6 is 0 Å². The first-order chi connectivity index (χ1) is 26.7. The van der Waals surface area contributed by atoms with Gasteiger partial charge < -0.3 is 15.3 Å². The third-order valence-electron chi connectivity index (χ3n) is 6.07. The van der Waals surface area contributed by atoms with Gasteiger partial charge in [-0.05, 0) is 0 Å². The van der Waals surface area contributed by atoms with E-state index >= 15 is 0 Å². The largest absolute Gasteiger partial charge is 0.460 e. The molecule has 42 heteroatoms. The maximum atomic E-state index is 12.7. The van der Waals surface area contributed by atoms with E-state index in [1.807, 2.05) is 0 Å². The highest BCUT2D eigenvalue weighted by molar-refractivity contribution is 7.86. The topological polar surface area (TPSA) is 224 Å². The summed E-state index contributed by atoms with van der Waals surface area (Å²) in [6.45, 7) is -0.729. The second-order valence-corrected chi connectivity index (χ2v) is 15.9. The van der Waals surface area contributed by atoms with Crippen molar-refractivity contribution >= 4 is 30.4 Å². The third-order valence-corrected chi connectivity index (χ3v) is 8.23. The van der Waals surface area contributed by atoms with Gasteiger partial charge in [-0.2, -0.15) is 144 Å². The molecule has 0 aliphatic rings. The second kappa shape index (κ2) is 21.1. The molecule has 0 amide bonds. The van der Waals surface area contributed by atoms with Gasteiger partial charge in [0.15, 0.2) is 0 Å². The number of hydrogen-bond donors (Lipinski definition) is 6. The molecule has 0 radical (unpaired) electrons. The van der Waals surface area contributed by atoms with Gasteiger partial charge in [0.05, 0.1) is 30.5 Å². The molecule has 0 aliphatic carbocycles. The van der Waals surface area contributed by atoms with Gasteiger partial charge in [-0.1, -0.05) is 0 Å². The predicted octanol–water partition coefficient (Wildman–Crippen LogP) is 6.53. The van der Waals surface area contributed by atoms with Crippen molar-refractivity contribution in [2.75, 3.05) is 30.5 Å². The molecule has 0 aliphatic heterocycles. The van der Waals surface area contributed by atoms with Gasteiger partial charge in [-0.15, -0.1) is 0 Å². The molecular weight excluding hydrogens is 1050 g/mol. The summed E-state index contributed by atoms with van der Waals surface area (Å²) in [4.78, 5) is 0. The standard InChI is InChI=1S/3C6H5F9O3S.C3H8O3/c3*7-3(8,1-2-19(16,17)18)4(9,10)5(11,12)6(13,14)15;4-1-3(6)2-5/h3*1-2H2,(H,16,17,18);3-6H,1-2H2. The van der Waals surface area contributed by atoms with Crippen molar-refractivity contribution in [1.82, 2.24) is 0 Å². The van der Waals surface area contributed by atoms with E-state index in [2.05, 4.69) is 0 Å². The lowest BCUT2D eigenvalue weighted by atomic mass is 10.0. The SMILES string of the molecule is O=S(=O)(O)CCC(F)(F)C(F)(F)C(F)(F)C(F)(F)F.O=S(=O)(O)CCC(F)(F)C(F)(F)C(F)(F)C(F)(F)F.O=S(=O)(O)CCC(F)(F)C(F)(F)C(F)(F)C(F)(F)F.OCC(O)CO. The maximum Gasteiger partial charge on any atom is 0.460 e. The molecule has 0 heterocycles. The molecule has 12 nitrogen and oxygen atoms in total. The maximum absolute atomic E-state index is 12.7. The summed E-state index contributed by atoms with van der Waals surface area (Å²) in [5, 5.41) is 24.0. The van der Waals surface area contributed by atoms with Crippen molar-refractivity contribution < 1.29 is 173 Å². The summed E-state index contributed by atoms with van der Waals surface area (Å²) in [5.74, 6) is -66.1. The molecule has 0 aromatic rings. The van der Waals surface area contributed by atoms with E-state index in [9.17, 15) is 144 Å². The predicted molar refractivity (Wildman–Crippen MR) is 146 cm³/mol. The summed E-state index contributed by atoms with van der Waals surface area (Å²) >= 11 is 0. The van der Waals surface area contributed by atoms with E-state index in [-0.39, 0.29) is 13.2 Å². The molecule has 0 fully saturated rings. The summed E-state index contributed by atoms with van der Waals surface area (Å²) in [7, 11) is -15.7. The molecule has 0 unspecified atom stereocenters. The molecule has 63 heavy (non-hydrogen) atoms. The van der Waals surface area contributed by atoms with E-state index in [4.69, 9.17) is 29.0 Å². The van der Waals surface area contributed by atoms with Crippen LogP contribution in [0.1, 0.15) is 19.3 Å². The lowest BCUT2D eigenvalue weighted by molar-refractivity contribution is -0.396. The lowest BCUT2D eigenvalue weighted by Crippen LogP contribution is -2.61. The summed E-state index contributed by atoms with van der Waals surface area (Å²) < 4.78 is 413. The molecule has 0 aromatic heterocycles. The Bertz CT molecular complexity index is 1560. The Morgan fingerprint density at radius 1 is 0.317 bits per heavy atom. The zero-order valence-electron chi connectivity index (χ0n) is 28.8. The average molecular weight is 1080 g/mol. The number of alkyl halides is 27. The van der Waals surface area contributed by atoms with Gasteiger partial charge >= 0.3 is 71.8 Å². The zero-order chi connectivity index (χ0) is 52.7. The normalized spacial score (nSPS) is 15.1. The monoisotopic (exact) mass is 1080 g/mol. The van der Waals surface area contributed by atoms with E-state index in [1.54, 1.807) is 0 Å². The van der Waals surface area contributed by atoms with Gasteiger partial charge in [-0.25, -0.2) is 0 Å². The van der Waals surface area contributed by atoms with Crippen LogP contribution in [0.3, 0.4) is 0 Å². The lowest BCUT2D eigenvalue weighted by Gasteiger charge is -2.33. The summed E-state index contributed by atoms with van der Waals surface area (Å²) in [6.07, 6.45) is -29.7. The number of hydrogen-bond acceptors (Lipinski definition) is 9. The molecule has 0 rings (SSSR count). The number of rotatable bonds is 17. The zero-order valence-corrected chi connectivity index (χ0v) is 31.2. The highest BCUT2D eigenvalue weighted by atomic mass is 32.2. The van der Waals surface area contributed by atoms with Crippen molar-refractivity contribution in [3.05, 3.63) is 0 Å². The summed E-state index contributed by atoms with van der Waals surface area (Å²) in [6, 6.07) is 0. The first-order valence-corrected chi connectivity index (χ1v) is 18.9. The Kier molecular flexibility index (Phi) is 22.6. The van der Waals surface area contributed by atoms with E-state index in [1.165, 1.54) is 0 Å². The van der Waals surface area contributed by atoms with Crippen molar-refractivity contribution in [2.45, 2.75) is 97.2 Å². The van der Waals surface area contributed by atoms with Gasteiger partial charge in [0.25, 0.3) is 30.4 Å². The molecule has 0 bridgehead atoms. The van der Waals surface area contributed by atoms with Gasteiger partial charge in [0, 0.05) is 19.3 Å². The van der Waals surface area contributed by atoms with Crippen LogP contribution in [0.25, 0.3) is 0 Å². The fraction of sp³-hybridized carbons (Fsp3) is 1.00. The fourth-order valence-corrected chi connectivity index (χ4v) is 4.07. The molecule has 6 N–H and O–H groups in total. The second-order valence-electron chi connectivity index (χ2n) is 11.2. The van der Waals surface area contributed by atoms with Gasteiger partial charge in [-0.3, -0.25) is 13.7 Å². The van der Waals surface area contributed by atoms with E-state index in [0.29, 0.717) is 0 Å². The Labute approximate surface area is 331 Å². The number of aliphatic hydroxyl groups is 3. The molecular formula is C21H23F27O12S3. The third kappa shape index (κ3) is 18.5. The fourth-order valence-electron chi connectivity index (χ4n) is 2.52. The molecule has 0 spiro atoms. The minimum Gasteiger partial charge on any atom is -0.394 e. The van der Waals surface area contributed by atoms with Crippen molar-refractivity contribution in [3.8, 4) is 0 Å². The minimum atomic E-state index is -7.07. The van der Waals surface area contributed by atoms with Crippen LogP contribution in [-0.4, -0.2) is 163 Å². The Morgan fingerprint density at radius 2 is 0.460 bits per heavy atom.